The second-order valence-electron chi connectivity index (χ2n) is 14.3. The summed E-state index contributed by atoms with van der Waals surface area (Å²) in [6.07, 6.45) is 2.07. The first kappa shape index (κ1) is 32.0. The van der Waals surface area contributed by atoms with Gasteiger partial charge in [0.15, 0.2) is 17.5 Å². The van der Waals surface area contributed by atoms with Crippen LogP contribution >= 0.6 is 0 Å². The summed E-state index contributed by atoms with van der Waals surface area (Å²) in [6.45, 7) is 4.70. The normalized spacial score (nSPS) is 12.9. The number of fused-ring (bicyclic) bond motifs is 5. The van der Waals surface area contributed by atoms with Crippen molar-refractivity contribution in [2.24, 2.45) is 0 Å². The molecule has 1 aliphatic rings. The van der Waals surface area contributed by atoms with Crippen molar-refractivity contribution < 1.29 is 0 Å². The third kappa shape index (κ3) is 5.02. The lowest BCUT2D eigenvalue weighted by atomic mass is 9.67. The summed E-state index contributed by atoms with van der Waals surface area (Å²) in [5.74, 6) is 1.98. The number of para-hydroxylation sites is 2. The Morgan fingerprint density at radius 3 is 1.54 bits per heavy atom. The van der Waals surface area contributed by atoms with Gasteiger partial charge in [0.2, 0.25) is 0 Å². The molecule has 0 aliphatic carbocycles. The summed E-state index contributed by atoms with van der Waals surface area (Å²) in [7, 11) is 0. The van der Waals surface area contributed by atoms with Gasteiger partial charge in [-0.2, -0.15) is 0 Å². The summed E-state index contributed by atoms with van der Waals surface area (Å²) in [4.78, 5) is 14.7. The summed E-state index contributed by atoms with van der Waals surface area (Å²) in [6, 6.07) is 60.6. The van der Waals surface area contributed by atoms with E-state index in [0.29, 0.717) is 17.5 Å². The molecule has 3 heterocycles. The van der Waals surface area contributed by atoms with E-state index in [1.54, 1.807) is 0 Å². The Kier molecular flexibility index (Phi) is 7.58. The summed E-state index contributed by atoms with van der Waals surface area (Å²) < 4.78 is 2.51. The standard InChI is InChI=1S/C50H38N4/c1-3-50(4-2)42-23-14-22-41-40-21-11-12-24-44(40)54(46(41)42)45-30-29-39(32-43(45)50)38-20-13-19-37(31-38)33-25-27-36(28-26-33)49-52-47(34-15-7-5-8-16-34)51-48(53-49)35-17-9-6-10-18-35/h5-32H,3-4H2,1-2H3. The first-order valence-electron chi connectivity index (χ1n) is 18.9. The van der Waals surface area contributed by atoms with Gasteiger partial charge in [-0.1, -0.05) is 159 Å². The Hall–Kier alpha value is -6.65. The van der Waals surface area contributed by atoms with Gasteiger partial charge < -0.3 is 4.57 Å². The molecule has 0 bridgehead atoms. The highest BCUT2D eigenvalue weighted by Gasteiger charge is 2.39. The average molecular weight is 695 g/mol. The number of benzene rings is 7. The molecule has 0 saturated heterocycles. The number of rotatable bonds is 7. The molecule has 0 saturated carbocycles. The van der Waals surface area contributed by atoms with E-state index in [1.807, 2.05) is 60.7 Å². The van der Waals surface area contributed by atoms with Gasteiger partial charge in [-0.05, 0) is 70.5 Å². The topological polar surface area (TPSA) is 43.6 Å². The second kappa shape index (κ2) is 12.8. The SMILES string of the molecule is CCC1(CC)c2cc(-c3cccc(-c4ccc(-c5nc(-c6ccccc6)nc(-c6ccccc6)n5)cc4)c3)ccc2-n2c3ccccc3c3cccc1c32. The minimum absolute atomic E-state index is 0.0710. The van der Waals surface area contributed by atoms with E-state index in [9.17, 15) is 0 Å². The van der Waals surface area contributed by atoms with Gasteiger partial charge in [0, 0.05) is 32.9 Å². The maximum absolute atomic E-state index is 4.93. The zero-order valence-electron chi connectivity index (χ0n) is 30.4. The van der Waals surface area contributed by atoms with E-state index in [0.717, 1.165) is 35.1 Å². The molecule has 0 spiro atoms. The van der Waals surface area contributed by atoms with Crippen LogP contribution in [0.15, 0.2) is 170 Å². The third-order valence-corrected chi connectivity index (χ3v) is 11.5. The lowest BCUT2D eigenvalue weighted by Crippen LogP contribution is -2.31. The van der Waals surface area contributed by atoms with Gasteiger partial charge >= 0.3 is 0 Å². The summed E-state index contributed by atoms with van der Waals surface area (Å²) in [5.41, 5.74) is 14.3. The minimum Gasteiger partial charge on any atom is -0.309 e. The molecule has 0 N–H and O–H groups in total. The molecule has 0 unspecified atom stereocenters. The Morgan fingerprint density at radius 2 is 0.889 bits per heavy atom. The predicted molar refractivity (Wildman–Crippen MR) is 223 cm³/mol. The van der Waals surface area contributed by atoms with E-state index >= 15 is 0 Å². The quantitative estimate of drug-likeness (QED) is 0.167. The molecular formula is C50H38N4. The van der Waals surface area contributed by atoms with Crippen LogP contribution in [-0.4, -0.2) is 19.5 Å². The van der Waals surface area contributed by atoms with E-state index in [2.05, 4.69) is 128 Å². The molecular weight excluding hydrogens is 657 g/mol. The molecule has 0 fully saturated rings. The molecule has 0 amide bonds. The van der Waals surface area contributed by atoms with Crippen molar-refractivity contribution in [2.45, 2.75) is 32.1 Å². The minimum atomic E-state index is -0.0710. The molecule has 0 radical (unpaired) electrons. The molecule has 10 rings (SSSR count). The van der Waals surface area contributed by atoms with E-state index in [4.69, 9.17) is 15.0 Å². The van der Waals surface area contributed by atoms with E-state index < -0.39 is 0 Å². The Morgan fingerprint density at radius 1 is 0.407 bits per heavy atom. The molecule has 258 valence electrons. The van der Waals surface area contributed by atoms with Crippen LogP contribution in [0.5, 0.6) is 0 Å². The molecule has 9 aromatic rings. The molecule has 1 aliphatic heterocycles. The fourth-order valence-electron chi connectivity index (χ4n) is 8.73. The van der Waals surface area contributed by atoms with Crippen molar-refractivity contribution >= 4 is 21.8 Å². The average Bonchev–Trinajstić information content (AvgIpc) is 3.60. The molecule has 0 atom stereocenters. The van der Waals surface area contributed by atoms with Gasteiger partial charge in [-0.15, -0.1) is 0 Å². The Bertz CT molecular complexity index is 2770. The number of nitrogens with zero attached hydrogens (tertiary/aromatic N) is 4. The first-order chi connectivity index (χ1) is 26.6. The number of hydrogen-bond donors (Lipinski definition) is 0. The molecule has 4 nitrogen and oxygen atoms in total. The molecule has 4 heteroatoms. The van der Waals surface area contributed by atoms with Crippen LogP contribution in [0.4, 0.5) is 0 Å². The summed E-state index contributed by atoms with van der Waals surface area (Å²) >= 11 is 0. The summed E-state index contributed by atoms with van der Waals surface area (Å²) in [5, 5.41) is 2.65. The van der Waals surface area contributed by atoms with E-state index in [-0.39, 0.29) is 5.41 Å². The first-order valence-corrected chi connectivity index (χ1v) is 18.9. The smallest absolute Gasteiger partial charge is 0.164 e. The highest BCUT2D eigenvalue weighted by molar-refractivity contribution is 6.11. The van der Waals surface area contributed by atoms with Gasteiger partial charge in [-0.3, -0.25) is 0 Å². The van der Waals surface area contributed by atoms with Crippen molar-refractivity contribution in [3.05, 3.63) is 181 Å². The molecule has 54 heavy (non-hydrogen) atoms. The van der Waals surface area contributed by atoms with Crippen LogP contribution < -0.4 is 0 Å². The van der Waals surface area contributed by atoms with Gasteiger partial charge in [-0.25, -0.2) is 15.0 Å². The highest BCUT2D eigenvalue weighted by atomic mass is 15.0. The Labute approximate surface area is 315 Å². The lowest BCUT2D eigenvalue weighted by Gasteiger charge is -2.39. The van der Waals surface area contributed by atoms with Gasteiger partial charge in [0.1, 0.15) is 0 Å². The fourth-order valence-corrected chi connectivity index (χ4v) is 8.73. The van der Waals surface area contributed by atoms with Crippen molar-refractivity contribution in [3.8, 4) is 62.1 Å². The van der Waals surface area contributed by atoms with Crippen LogP contribution in [0.25, 0.3) is 83.9 Å². The van der Waals surface area contributed by atoms with Crippen molar-refractivity contribution in [2.75, 3.05) is 0 Å². The number of aromatic nitrogens is 4. The van der Waals surface area contributed by atoms with Crippen molar-refractivity contribution in [1.82, 2.24) is 19.5 Å². The number of hydrogen-bond acceptors (Lipinski definition) is 3. The van der Waals surface area contributed by atoms with Crippen LogP contribution in [0.3, 0.4) is 0 Å². The maximum Gasteiger partial charge on any atom is 0.164 e. The van der Waals surface area contributed by atoms with Gasteiger partial charge in [0.05, 0.1) is 16.7 Å². The monoisotopic (exact) mass is 694 g/mol. The third-order valence-electron chi connectivity index (χ3n) is 11.5. The van der Waals surface area contributed by atoms with Crippen LogP contribution in [0.2, 0.25) is 0 Å². The second-order valence-corrected chi connectivity index (χ2v) is 14.3. The molecule has 7 aromatic carbocycles. The fraction of sp³-hybridized carbons (Fsp3) is 0.100. The van der Waals surface area contributed by atoms with E-state index in [1.165, 1.54) is 55.3 Å². The zero-order chi connectivity index (χ0) is 36.2. The van der Waals surface area contributed by atoms with Crippen LogP contribution in [0, 0.1) is 0 Å². The predicted octanol–water partition coefficient (Wildman–Crippen LogP) is 12.7. The van der Waals surface area contributed by atoms with Crippen molar-refractivity contribution in [1.29, 1.82) is 0 Å². The maximum atomic E-state index is 4.93. The van der Waals surface area contributed by atoms with Crippen LogP contribution in [-0.2, 0) is 5.41 Å². The Balaban J connectivity index is 1.03. The highest BCUT2D eigenvalue weighted by Crippen LogP contribution is 2.51. The lowest BCUT2D eigenvalue weighted by molar-refractivity contribution is 0.474. The molecule has 2 aromatic heterocycles. The van der Waals surface area contributed by atoms with Gasteiger partial charge in [0.25, 0.3) is 0 Å². The van der Waals surface area contributed by atoms with Crippen LogP contribution in [0.1, 0.15) is 37.8 Å². The largest absolute Gasteiger partial charge is 0.309 e. The zero-order valence-corrected chi connectivity index (χ0v) is 30.4. The van der Waals surface area contributed by atoms with Crippen molar-refractivity contribution in [3.63, 3.8) is 0 Å².